The fourth-order valence-electron chi connectivity index (χ4n) is 1.78. The summed E-state index contributed by atoms with van der Waals surface area (Å²) >= 11 is 5.83. The van der Waals surface area contributed by atoms with Crippen molar-refractivity contribution in [2.75, 3.05) is 5.32 Å². The second-order valence-electron chi connectivity index (χ2n) is 4.02. The molecule has 92 valence electrons. The van der Waals surface area contributed by atoms with E-state index in [9.17, 15) is 0 Å². The van der Waals surface area contributed by atoms with E-state index in [2.05, 4.69) is 16.5 Å². The van der Waals surface area contributed by atoms with Gasteiger partial charge in [0.2, 0.25) is 0 Å². The first-order valence-corrected chi connectivity index (χ1v) is 5.91. The molecule has 5 heteroatoms. The predicted octanol–water partition coefficient (Wildman–Crippen LogP) is 2.87. The van der Waals surface area contributed by atoms with Gasteiger partial charge in [0.05, 0.1) is 5.69 Å². The van der Waals surface area contributed by atoms with Gasteiger partial charge < -0.3 is 5.32 Å². The molecule has 0 amide bonds. The molecule has 0 spiro atoms. The highest BCUT2D eigenvalue weighted by atomic mass is 35.5. The monoisotopic (exact) mass is 260 g/mol. The summed E-state index contributed by atoms with van der Waals surface area (Å²) in [5.41, 5.74) is 2.42. The quantitative estimate of drug-likeness (QED) is 0.923. The van der Waals surface area contributed by atoms with Crippen LogP contribution in [0.4, 0.5) is 5.82 Å². The molecule has 18 heavy (non-hydrogen) atoms. The predicted molar refractivity (Wildman–Crippen MR) is 71.4 cm³/mol. The Morgan fingerprint density at radius 2 is 2.06 bits per heavy atom. The lowest BCUT2D eigenvalue weighted by atomic mass is 10.2. The number of nitriles is 1. The summed E-state index contributed by atoms with van der Waals surface area (Å²) in [6.07, 6.45) is 0. The number of anilines is 1. The van der Waals surface area contributed by atoms with E-state index in [0.29, 0.717) is 17.1 Å². The van der Waals surface area contributed by atoms with Crippen molar-refractivity contribution in [1.29, 1.82) is 5.26 Å². The number of hydrogen-bond acceptors (Lipinski definition) is 3. The van der Waals surface area contributed by atoms with Crippen LogP contribution in [0.5, 0.6) is 0 Å². The van der Waals surface area contributed by atoms with E-state index < -0.39 is 0 Å². The molecule has 0 unspecified atom stereocenters. The summed E-state index contributed by atoms with van der Waals surface area (Å²) < 4.78 is 1.68. The molecule has 0 fully saturated rings. The Morgan fingerprint density at radius 3 is 2.67 bits per heavy atom. The Labute approximate surface area is 111 Å². The minimum Gasteiger partial charge on any atom is -0.365 e. The van der Waals surface area contributed by atoms with Gasteiger partial charge in [0.15, 0.2) is 0 Å². The van der Waals surface area contributed by atoms with Gasteiger partial charge in [-0.15, -0.1) is 0 Å². The summed E-state index contributed by atoms with van der Waals surface area (Å²) in [4.78, 5) is 0. The summed E-state index contributed by atoms with van der Waals surface area (Å²) in [6.45, 7) is 2.46. The maximum atomic E-state index is 9.09. The fraction of sp³-hybridized carbons (Fsp3) is 0.231. The molecule has 4 nitrogen and oxygen atoms in total. The first-order valence-electron chi connectivity index (χ1n) is 5.54. The molecular weight excluding hydrogens is 248 g/mol. The van der Waals surface area contributed by atoms with E-state index in [1.807, 2.05) is 38.2 Å². The minimum atomic E-state index is 0.589. The van der Waals surface area contributed by atoms with Crippen molar-refractivity contribution in [2.24, 2.45) is 7.05 Å². The van der Waals surface area contributed by atoms with Crippen LogP contribution in [0.15, 0.2) is 24.3 Å². The van der Waals surface area contributed by atoms with E-state index in [1.165, 1.54) is 0 Å². The SMILES string of the molecule is Cc1nn(C)c(NCc2ccc(Cl)cc2)c1C#N. The van der Waals surface area contributed by atoms with Gasteiger partial charge in [0.1, 0.15) is 17.5 Å². The van der Waals surface area contributed by atoms with E-state index in [4.69, 9.17) is 16.9 Å². The Bertz CT molecular complexity index is 593. The Kier molecular flexibility index (Phi) is 3.54. The number of nitrogens with zero attached hydrogens (tertiary/aromatic N) is 3. The van der Waals surface area contributed by atoms with Gasteiger partial charge in [-0.1, -0.05) is 23.7 Å². The Hall–Kier alpha value is -1.99. The lowest BCUT2D eigenvalue weighted by Crippen LogP contribution is -2.05. The van der Waals surface area contributed by atoms with Crippen molar-refractivity contribution in [3.05, 3.63) is 46.1 Å². The van der Waals surface area contributed by atoms with Crippen molar-refractivity contribution in [2.45, 2.75) is 13.5 Å². The third-order valence-electron chi connectivity index (χ3n) is 2.71. The molecule has 1 aromatic carbocycles. The number of rotatable bonds is 3. The van der Waals surface area contributed by atoms with E-state index >= 15 is 0 Å². The number of nitrogens with one attached hydrogen (secondary N) is 1. The lowest BCUT2D eigenvalue weighted by Gasteiger charge is -2.07. The van der Waals surface area contributed by atoms with E-state index in [-0.39, 0.29) is 0 Å². The maximum absolute atomic E-state index is 9.09. The summed E-state index contributed by atoms with van der Waals surface area (Å²) in [6, 6.07) is 9.75. The summed E-state index contributed by atoms with van der Waals surface area (Å²) in [5.74, 6) is 0.741. The van der Waals surface area contributed by atoms with Crippen molar-refractivity contribution < 1.29 is 0 Å². The first kappa shape index (κ1) is 12.5. The van der Waals surface area contributed by atoms with Crippen LogP contribution < -0.4 is 5.32 Å². The number of halogens is 1. The molecule has 0 aliphatic rings. The second kappa shape index (κ2) is 5.11. The fourth-order valence-corrected chi connectivity index (χ4v) is 1.91. The molecule has 0 radical (unpaired) electrons. The van der Waals surface area contributed by atoms with Gasteiger partial charge in [-0.05, 0) is 24.6 Å². The summed E-state index contributed by atoms with van der Waals surface area (Å²) in [5, 5.41) is 17.2. The molecule has 0 aliphatic heterocycles. The summed E-state index contributed by atoms with van der Waals surface area (Å²) in [7, 11) is 1.82. The number of benzene rings is 1. The molecule has 0 bridgehead atoms. The highest BCUT2D eigenvalue weighted by Gasteiger charge is 2.11. The minimum absolute atomic E-state index is 0.589. The van der Waals surface area contributed by atoms with E-state index in [0.717, 1.165) is 17.1 Å². The standard InChI is InChI=1S/C13H13ClN4/c1-9-12(7-15)13(18(2)17-9)16-8-10-3-5-11(14)6-4-10/h3-6,16H,8H2,1-2H3. The molecule has 0 aliphatic carbocycles. The average Bonchev–Trinajstić information content (AvgIpc) is 2.62. The van der Waals surface area contributed by atoms with Gasteiger partial charge in [-0.2, -0.15) is 10.4 Å². The molecule has 0 saturated heterocycles. The normalized spacial score (nSPS) is 10.1. The molecule has 0 saturated carbocycles. The van der Waals surface area contributed by atoms with Gasteiger partial charge in [0, 0.05) is 18.6 Å². The maximum Gasteiger partial charge on any atom is 0.142 e. The topological polar surface area (TPSA) is 53.6 Å². The second-order valence-corrected chi connectivity index (χ2v) is 4.46. The van der Waals surface area contributed by atoms with Crippen LogP contribution in [0.25, 0.3) is 0 Å². The van der Waals surface area contributed by atoms with Crippen molar-refractivity contribution >= 4 is 17.4 Å². The zero-order chi connectivity index (χ0) is 13.1. The van der Waals surface area contributed by atoms with Gasteiger partial charge in [-0.3, -0.25) is 4.68 Å². The molecule has 0 atom stereocenters. The first-order chi connectivity index (χ1) is 8.61. The van der Waals surface area contributed by atoms with Crippen molar-refractivity contribution in [3.8, 4) is 6.07 Å². The van der Waals surface area contributed by atoms with Gasteiger partial charge >= 0.3 is 0 Å². The van der Waals surface area contributed by atoms with Gasteiger partial charge in [0.25, 0.3) is 0 Å². The van der Waals surface area contributed by atoms with Crippen LogP contribution in [0.1, 0.15) is 16.8 Å². The van der Waals surface area contributed by atoms with Crippen LogP contribution in [0.2, 0.25) is 5.02 Å². The average molecular weight is 261 g/mol. The van der Waals surface area contributed by atoms with Crippen molar-refractivity contribution in [3.63, 3.8) is 0 Å². The van der Waals surface area contributed by atoms with E-state index in [1.54, 1.807) is 4.68 Å². The zero-order valence-electron chi connectivity index (χ0n) is 10.2. The molecular formula is C13H13ClN4. The number of aryl methyl sites for hydroxylation is 2. The Balaban J connectivity index is 2.16. The number of hydrogen-bond donors (Lipinski definition) is 1. The molecule has 2 rings (SSSR count). The smallest absolute Gasteiger partial charge is 0.142 e. The van der Waals surface area contributed by atoms with Crippen LogP contribution in [-0.4, -0.2) is 9.78 Å². The highest BCUT2D eigenvalue weighted by molar-refractivity contribution is 6.30. The highest BCUT2D eigenvalue weighted by Crippen LogP contribution is 2.18. The number of aromatic nitrogens is 2. The third kappa shape index (κ3) is 2.47. The van der Waals surface area contributed by atoms with Crippen molar-refractivity contribution in [1.82, 2.24) is 9.78 Å². The van der Waals surface area contributed by atoms with Crippen LogP contribution in [0.3, 0.4) is 0 Å². The van der Waals surface area contributed by atoms with Gasteiger partial charge in [-0.25, -0.2) is 0 Å². The third-order valence-corrected chi connectivity index (χ3v) is 2.96. The van der Waals surface area contributed by atoms with Crippen LogP contribution in [0, 0.1) is 18.3 Å². The largest absolute Gasteiger partial charge is 0.365 e. The molecule has 1 heterocycles. The van der Waals surface area contributed by atoms with Crippen LogP contribution >= 0.6 is 11.6 Å². The Morgan fingerprint density at radius 1 is 1.39 bits per heavy atom. The van der Waals surface area contributed by atoms with Crippen LogP contribution in [-0.2, 0) is 13.6 Å². The zero-order valence-corrected chi connectivity index (χ0v) is 11.0. The lowest BCUT2D eigenvalue weighted by molar-refractivity contribution is 0.758. The molecule has 1 aromatic heterocycles. The molecule has 1 N–H and O–H groups in total. The molecule has 2 aromatic rings.